The van der Waals surface area contributed by atoms with Crippen molar-refractivity contribution in [3.63, 3.8) is 0 Å². The van der Waals surface area contributed by atoms with Gasteiger partial charge in [0.15, 0.2) is 0 Å². The van der Waals surface area contributed by atoms with Crippen LogP contribution in [0.5, 0.6) is 0 Å². The molecule has 34 heavy (non-hydrogen) atoms. The normalized spacial score (nSPS) is 14.8. The fraction of sp³-hybridized carbons (Fsp3) is 0.261. The lowest BCUT2D eigenvalue weighted by Gasteiger charge is -2.15. The van der Waals surface area contributed by atoms with Crippen LogP contribution in [0.3, 0.4) is 0 Å². The van der Waals surface area contributed by atoms with Crippen LogP contribution in [0.1, 0.15) is 54.5 Å². The molecule has 1 unspecified atom stereocenters. The second-order valence-electron chi connectivity index (χ2n) is 7.88. The summed E-state index contributed by atoms with van der Waals surface area (Å²) in [4.78, 5) is 32.0. The smallest absolute Gasteiger partial charge is 0.412 e. The Balaban J connectivity index is 1.27. The molecule has 0 bridgehead atoms. The summed E-state index contributed by atoms with van der Waals surface area (Å²) >= 11 is 0. The zero-order valence-corrected chi connectivity index (χ0v) is 18.1. The van der Waals surface area contributed by atoms with Crippen LogP contribution in [0.15, 0.2) is 43.8 Å². The molecule has 0 aliphatic heterocycles. The van der Waals surface area contributed by atoms with Crippen molar-refractivity contribution in [3.8, 4) is 11.8 Å². The minimum absolute atomic E-state index is 0.0171. The van der Waals surface area contributed by atoms with Gasteiger partial charge in [0.25, 0.3) is 5.89 Å². The minimum atomic E-state index is -1.10. The number of anilines is 1. The number of rotatable bonds is 5. The monoisotopic (exact) mass is 462 g/mol. The predicted octanol–water partition coefficient (Wildman–Crippen LogP) is 3.94. The molecule has 3 heterocycles. The van der Waals surface area contributed by atoms with E-state index in [1.165, 1.54) is 6.20 Å². The van der Waals surface area contributed by atoms with Crippen molar-refractivity contribution in [2.75, 3.05) is 5.32 Å². The number of fused-ring (bicyclic) bond motifs is 1. The summed E-state index contributed by atoms with van der Waals surface area (Å²) in [6.45, 7) is 3.71. The molecule has 4 aromatic rings. The first kappa shape index (κ1) is 21.3. The number of benzene rings is 1. The largest absolute Gasteiger partial charge is 0.480 e. The molecule has 1 atom stereocenters. The van der Waals surface area contributed by atoms with Gasteiger partial charge >= 0.3 is 17.8 Å². The number of nitrogens with one attached hydrogen (secondary N) is 1. The third-order valence-corrected chi connectivity index (χ3v) is 5.55. The van der Waals surface area contributed by atoms with Crippen molar-refractivity contribution < 1.29 is 32.8 Å². The fourth-order valence-electron chi connectivity index (χ4n) is 3.48. The number of aryl methyl sites for hydroxylation is 1. The number of amides is 1. The summed E-state index contributed by atoms with van der Waals surface area (Å²) in [6, 6.07) is 7.61. The summed E-state index contributed by atoms with van der Waals surface area (Å²) in [6.07, 6.45) is 1.03. The summed E-state index contributed by atoms with van der Waals surface area (Å²) in [7, 11) is 0. The van der Waals surface area contributed by atoms with Crippen LogP contribution >= 0.6 is 0 Å². The van der Waals surface area contributed by atoms with Crippen molar-refractivity contribution in [1.29, 1.82) is 0 Å². The van der Waals surface area contributed by atoms with Crippen molar-refractivity contribution in [2.45, 2.75) is 38.2 Å². The van der Waals surface area contributed by atoms with Crippen molar-refractivity contribution in [2.24, 2.45) is 0 Å². The Morgan fingerprint density at radius 2 is 2.00 bits per heavy atom. The molecular weight excluding hydrogens is 444 g/mol. The van der Waals surface area contributed by atoms with Gasteiger partial charge in [-0.05, 0) is 43.7 Å². The number of carboxylic acids is 1. The van der Waals surface area contributed by atoms with E-state index in [9.17, 15) is 14.7 Å². The minimum Gasteiger partial charge on any atom is -0.480 e. The van der Waals surface area contributed by atoms with Gasteiger partial charge in [-0.3, -0.25) is 10.1 Å². The van der Waals surface area contributed by atoms with Gasteiger partial charge < -0.3 is 23.2 Å². The molecule has 172 valence electrons. The average molecular weight is 462 g/mol. The van der Waals surface area contributed by atoms with Crippen LogP contribution < -0.4 is 5.32 Å². The maximum absolute atomic E-state index is 12.3. The van der Waals surface area contributed by atoms with E-state index in [4.69, 9.17) is 18.1 Å². The molecule has 1 aliphatic rings. The molecule has 1 amide bonds. The molecular formula is C23H18N4O7. The van der Waals surface area contributed by atoms with Gasteiger partial charge in [-0.1, -0.05) is 29.4 Å². The zero-order chi connectivity index (χ0) is 23.9. The van der Waals surface area contributed by atoms with Crippen LogP contribution in [0, 0.1) is 18.8 Å². The van der Waals surface area contributed by atoms with Crippen molar-refractivity contribution in [1.82, 2.24) is 15.1 Å². The van der Waals surface area contributed by atoms with Crippen molar-refractivity contribution >= 4 is 29.2 Å². The summed E-state index contributed by atoms with van der Waals surface area (Å²) in [5.74, 6) is 4.40. The molecule has 3 aromatic heterocycles. The van der Waals surface area contributed by atoms with Crippen LogP contribution in [0.25, 0.3) is 11.4 Å². The molecule has 1 aliphatic carbocycles. The number of carbonyl (C=O) groups excluding carboxylic acids is 1. The van der Waals surface area contributed by atoms with E-state index >= 15 is 0 Å². The van der Waals surface area contributed by atoms with E-state index in [0.717, 1.165) is 11.1 Å². The zero-order valence-electron chi connectivity index (χ0n) is 18.1. The first-order chi connectivity index (χ1) is 16.4. The highest BCUT2D eigenvalue weighted by Crippen LogP contribution is 2.48. The number of aromatic nitrogens is 3. The maximum Gasteiger partial charge on any atom is 0.412 e. The third-order valence-electron chi connectivity index (χ3n) is 5.55. The van der Waals surface area contributed by atoms with E-state index in [-0.39, 0.29) is 34.7 Å². The van der Waals surface area contributed by atoms with E-state index in [0.29, 0.717) is 12.8 Å². The number of hydrogen-bond donors (Lipinski definition) is 2. The first-order valence-electron chi connectivity index (χ1n) is 10.4. The Kier molecular flexibility index (Phi) is 5.05. The molecule has 2 N–H and O–H groups in total. The summed E-state index contributed by atoms with van der Waals surface area (Å²) in [5, 5.41) is 15.5. The van der Waals surface area contributed by atoms with E-state index < -0.39 is 23.6 Å². The number of oxazole rings is 2. The van der Waals surface area contributed by atoms with Gasteiger partial charge in [-0.15, -0.1) is 0 Å². The molecule has 11 heteroatoms. The number of aliphatic carboxylic acids is 1. The number of ether oxygens (including phenoxy) is 1. The molecule has 11 nitrogen and oxygen atoms in total. The molecule has 1 fully saturated rings. The number of carboxylic acid groups (broad SMARTS) is 1. The Morgan fingerprint density at radius 3 is 2.71 bits per heavy atom. The Bertz CT molecular complexity index is 1430. The lowest BCUT2D eigenvalue weighted by Crippen LogP contribution is -2.19. The van der Waals surface area contributed by atoms with Gasteiger partial charge in [0, 0.05) is 5.92 Å². The lowest BCUT2D eigenvalue weighted by molar-refractivity contribution is -0.140. The lowest BCUT2D eigenvalue weighted by atomic mass is 10.1. The van der Waals surface area contributed by atoms with Crippen LogP contribution in [-0.2, 0) is 14.9 Å². The van der Waals surface area contributed by atoms with Gasteiger partial charge in [0.2, 0.25) is 17.3 Å². The van der Waals surface area contributed by atoms with Crippen LogP contribution in [0.2, 0.25) is 0 Å². The van der Waals surface area contributed by atoms with E-state index in [1.54, 1.807) is 6.92 Å². The van der Waals surface area contributed by atoms with E-state index in [1.807, 2.05) is 31.2 Å². The average Bonchev–Trinajstić information content (AvgIpc) is 3.12. The quantitative estimate of drug-likeness (QED) is 0.417. The highest BCUT2D eigenvalue weighted by molar-refractivity contribution is 5.86. The van der Waals surface area contributed by atoms with Gasteiger partial charge in [-0.2, -0.15) is 9.97 Å². The molecule has 1 aromatic carbocycles. The molecule has 0 radical (unpaired) electrons. The molecule has 5 rings (SSSR count). The molecule has 1 saturated carbocycles. The number of carbonyl (C=O) groups is 2. The number of hydrogen-bond acceptors (Lipinski definition) is 9. The third kappa shape index (κ3) is 3.86. The first-order valence-corrected chi connectivity index (χ1v) is 10.4. The maximum atomic E-state index is 12.3. The van der Waals surface area contributed by atoms with Crippen LogP contribution in [0.4, 0.5) is 10.5 Å². The van der Waals surface area contributed by atoms with Crippen LogP contribution in [-0.4, -0.2) is 32.3 Å². The summed E-state index contributed by atoms with van der Waals surface area (Å²) in [5.41, 5.74) is 1.14. The highest BCUT2D eigenvalue weighted by atomic mass is 16.6. The topological polar surface area (TPSA) is 154 Å². The molecule has 0 saturated heterocycles. The predicted molar refractivity (Wildman–Crippen MR) is 115 cm³/mol. The fourth-order valence-corrected chi connectivity index (χ4v) is 3.48. The Morgan fingerprint density at radius 1 is 1.21 bits per heavy atom. The standard InChI is InChI=1S/C23H18N4O7/c1-12-5-3-4-6-14(12)13(2)31-22(30)25-15-11-24-34-16(15)7-8-17-26-18-19(32-17)33-20(27-18)23(9-10-23)21(28)29/h3-6,11,13H,9-10H2,1-2H3,(H,25,30)(H,28,29). The number of nitrogens with zero attached hydrogens (tertiary/aromatic N) is 3. The van der Waals surface area contributed by atoms with E-state index in [2.05, 4.69) is 32.3 Å². The Hall–Kier alpha value is -4.59. The highest BCUT2D eigenvalue weighted by Gasteiger charge is 2.56. The van der Waals surface area contributed by atoms with Gasteiger partial charge in [0.1, 0.15) is 17.2 Å². The second kappa shape index (κ2) is 8.08. The second-order valence-corrected chi connectivity index (χ2v) is 7.88. The summed E-state index contributed by atoms with van der Waals surface area (Å²) < 4.78 is 21.4. The Labute approximate surface area is 192 Å². The van der Waals surface area contributed by atoms with Gasteiger partial charge in [0.05, 0.1) is 6.20 Å². The molecule has 0 spiro atoms. The van der Waals surface area contributed by atoms with Crippen molar-refractivity contribution in [3.05, 3.63) is 59.1 Å². The SMILES string of the molecule is Cc1ccccc1C(C)OC(=O)Nc1cnoc1C#Cc1nc2nc(C3(C(=O)O)CC3)oc2o1. The van der Waals surface area contributed by atoms with Gasteiger partial charge in [-0.25, -0.2) is 4.79 Å².